The number of piperazine rings is 1. The van der Waals surface area contributed by atoms with Crippen molar-refractivity contribution in [3.8, 4) is 0 Å². The number of carbonyl (C=O) groups is 1. The Morgan fingerprint density at radius 1 is 1.00 bits per heavy atom. The van der Waals surface area contributed by atoms with E-state index in [-0.39, 0.29) is 5.91 Å². The average molecular weight is 442 g/mol. The Morgan fingerprint density at radius 2 is 1.72 bits per heavy atom. The summed E-state index contributed by atoms with van der Waals surface area (Å²) in [5.41, 5.74) is 3.57. The first-order chi connectivity index (χ1) is 14.0. The lowest BCUT2D eigenvalue weighted by molar-refractivity contribution is 0.0752. The van der Waals surface area contributed by atoms with Crippen molar-refractivity contribution in [2.24, 2.45) is 0 Å². The number of fused-ring (bicyclic) bond motifs is 2. The molecule has 0 atom stereocenters. The summed E-state index contributed by atoms with van der Waals surface area (Å²) >= 11 is 9.75. The van der Waals surface area contributed by atoms with Crippen LogP contribution in [0.15, 0.2) is 36.4 Å². The minimum Gasteiger partial charge on any atom is -0.345 e. The van der Waals surface area contributed by atoms with Crippen molar-refractivity contribution < 1.29 is 4.79 Å². The molecule has 0 bridgehead atoms. The minimum absolute atomic E-state index is 0.0341. The number of hydrogen-bond acceptors (Lipinski definition) is 5. The zero-order chi connectivity index (χ0) is 20.1. The number of amides is 1. The van der Waals surface area contributed by atoms with Crippen molar-refractivity contribution in [1.29, 1.82) is 0 Å². The third kappa shape index (κ3) is 3.19. The fourth-order valence-corrected chi connectivity index (χ4v) is 6.42. The molecule has 0 radical (unpaired) electrons. The molecule has 1 fully saturated rings. The molecule has 29 heavy (non-hydrogen) atoms. The van der Waals surface area contributed by atoms with Gasteiger partial charge in [-0.2, -0.15) is 0 Å². The topological polar surface area (TPSA) is 36.4 Å². The van der Waals surface area contributed by atoms with Gasteiger partial charge in [-0.05, 0) is 31.0 Å². The first kappa shape index (κ1) is 18.9. The zero-order valence-electron chi connectivity index (χ0n) is 16.2. The zero-order valence-corrected chi connectivity index (χ0v) is 18.6. The second-order valence-electron chi connectivity index (χ2n) is 7.39. The third-order valence-corrected chi connectivity index (χ3v) is 8.41. The van der Waals surface area contributed by atoms with Gasteiger partial charge in [0.1, 0.15) is 4.88 Å². The monoisotopic (exact) mass is 441 g/mol. The van der Waals surface area contributed by atoms with Gasteiger partial charge in [-0.3, -0.25) is 4.79 Å². The molecule has 7 heteroatoms. The molecule has 4 nitrogen and oxygen atoms in total. The van der Waals surface area contributed by atoms with Gasteiger partial charge in [0, 0.05) is 36.3 Å². The van der Waals surface area contributed by atoms with E-state index >= 15 is 0 Å². The molecule has 0 N–H and O–H groups in total. The highest BCUT2D eigenvalue weighted by molar-refractivity contribution is 7.22. The lowest BCUT2D eigenvalue weighted by Gasteiger charge is -2.34. The lowest BCUT2D eigenvalue weighted by atomic mass is 10.1. The van der Waals surface area contributed by atoms with E-state index < -0.39 is 0 Å². The molecule has 4 aromatic rings. The Kier molecular flexibility index (Phi) is 4.73. The molecule has 2 aromatic carbocycles. The highest BCUT2D eigenvalue weighted by atomic mass is 35.5. The number of rotatable bonds is 2. The van der Waals surface area contributed by atoms with Gasteiger partial charge in [0.2, 0.25) is 0 Å². The first-order valence-corrected chi connectivity index (χ1v) is 11.6. The lowest BCUT2D eigenvalue weighted by Crippen LogP contribution is -2.48. The van der Waals surface area contributed by atoms with E-state index in [2.05, 4.69) is 30.9 Å². The van der Waals surface area contributed by atoms with Gasteiger partial charge in [0.05, 0.1) is 15.2 Å². The van der Waals surface area contributed by atoms with Crippen molar-refractivity contribution in [3.63, 3.8) is 0 Å². The van der Waals surface area contributed by atoms with E-state index in [1.807, 2.05) is 29.2 Å². The van der Waals surface area contributed by atoms with E-state index in [4.69, 9.17) is 16.6 Å². The van der Waals surface area contributed by atoms with E-state index in [1.54, 1.807) is 11.3 Å². The second kappa shape index (κ2) is 7.27. The van der Waals surface area contributed by atoms with E-state index in [0.29, 0.717) is 23.0 Å². The number of aryl methyl sites for hydroxylation is 2. The summed E-state index contributed by atoms with van der Waals surface area (Å²) in [6.45, 7) is 7.17. The number of carbonyl (C=O) groups excluding carboxylic acids is 1. The van der Waals surface area contributed by atoms with Crippen LogP contribution in [0.5, 0.6) is 0 Å². The number of anilines is 1. The summed E-state index contributed by atoms with van der Waals surface area (Å²) in [4.78, 5) is 22.8. The van der Waals surface area contributed by atoms with Gasteiger partial charge in [-0.15, -0.1) is 11.3 Å². The fraction of sp³-hybridized carbons (Fsp3) is 0.273. The van der Waals surface area contributed by atoms with E-state index in [9.17, 15) is 4.79 Å². The molecular weight excluding hydrogens is 422 g/mol. The number of hydrogen-bond donors (Lipinski definition) is 0. The van der Waals surface area contributed by atoms with Gasteiger partial charge in [-0.25, -0.2) is 4.98 Å². The predicted molar refractivity (Wildman–Crippen MR) is 124 cm³/mol. The van der Waals surface area contributed by atoms with Crippen LogP contribution in [0.2, 0.25) is 5.02 Å². The van der Waals surface area contributed by atoms with Crippen LogP contribution in [0.4, 0.5) is 5.13 Å². The number of aromatic nitrogens is 1. The SMILES string of the molecule is Cc1ccc(C)c2sc(N3CCN(C(=O)c4sc5ccccc5c4Cl)CC3)nc12. The van der Waals surface area contributed by atoms with Crippen LogP contribution in [0.25, 0.3) is 20.3 Å². The normalized spacial score (nSPS) is 14.9. The fourth-order valence-electron chi connectivity index (χ4n) is 3.78. The predicted octanol–water partition coefficient (Wildman–Crippen LogP) is 5.74. The highest BCUT2D eigenvalue weighted by Crippen LogP contribution is 2.37. The number of halogens is 1. The molecule has 0 saturated carbocycles. The van der Waals surface area contributed by atoms with Gasteiger partial charge in [0.25, 0.3) is 5.91 Å². The van der Waals surface area contributed by atoms with Crippen molar-refractivity contribution in [2.45, 2.75) is 13.8 Å². The number of nitrogens with zero attached hydrogens (tertiary/aromatic N) is 3. The summed E-state index contributed by atoms with van der Waals surface area (Å²) in [5, 5.41) is 2.58. The molecule has 0 spiro atoms. The van der Waals surface area contributed by atoms with Crippen molar-refractivity contribution in [1.82, 2.24) is 9.88 Å². The Labute approximate surface area is 182 Å². The smallest absolute Gasteiger partial charge is 0.265 e. The molecule has 3 heterocycles. The minimum atomic E-state index is 0.0341. The molecule has 148 valence electrons. The quantitative estimate of drug-likeness (QED) is 0.397. The Bertz CT molecular complexity index is 1200. The number of thiazole rings is 1. The van der Waals surface area contributed by atoms with Gasteiger partial charge < -0.3 is 9.80 Å². The van der Waals surface area contributed by atoms with Gasteiger partial charge >= 0.3 is 0 Å². The summed E-state index contributed by atoms with van der Waals surface area (Å²) in [6.07, 6.45) is 0. The largest absolute Gasteiger partial charge is 0.345 e. The molecular formula is C22H20ClN3OS2. The van der Waals surface area contributed by atoms with E-state index in [1.165, 1.54) is 27.2 Å². The maximum atomic E-state index is 13.1. The van der Waals surface area contributed by atoms with Crippen LogP contribution in [-0.4, -0.2) is 42.0 Å². The first-order valence-electron chi connectivity index (χ1n) is 9.61. The maximum absolute atomic E-state index is 13.1. The Morgan fingerprint density at radius 3 is 2.45 bits per heavy atom. The molecule has 1 aliphatic rings. The van der Waals surface area contributed by atoms with Crippen LogP contribution in [-0.2, 0) is 0 Å². The molecule has 1 aliphatic heterocycles. The van der Waals surface area contributed by atoms with E-state index in [0.717, 1.165) is 33.8 Å². The van der Waals surface area contributed by atoms with Gasteiger partial charge in [-0.1, -0.05) is 53.3 Å². The van der Waals surface area contributed by atoms with Crippen LogP contribution >= 0.6 is 34.3 Å². The summed E-state index contributed by atoms with van der Waals surface area (Å²) < 4.78 is 2.32. The molecule has 5 rings (SSSR count). The Hall–Kier alpha value is -2.15. The standard InChI is InChI=1S/C22H20ClN3OS2/c1-13-7-8-14(2)19-18(13)24-22(29-19)26-11-9-25(10-12-26)21(27)20-17(23)15-5-3-4-6-16(15)28-20/h3-8H,9-12H2,1-2H3. The van der Waals surface area contributed by atoms with Crippen LogP contribution < -0.4 is 4.90 Å². The van der Waals surface area contributed by atoms with Crippen molar-refractivity contribution >= 4 is 65.6 Å². The molecule has 0 aliphatic carbocycles. The molecule has 1 saturated heterocycles. The average Bonchev–Trinajstić information content (AvgIpc) is 3.34. The molecule has 2 aromatic heterocycles. The van der Waals surface area contributed by atoms with Gasteiger partial charge in [0.15, 0.2) is 5.13 Å². The van der Waals surface area contributed by atoms with Crippen LogP contribution in [0, 0.1) is 13.8 Å². The summed E-state index contributed by atoms with van der Waals surface area (Å²) in [6, 6.07) is 12.2. The summed E-state index contributed by atoms with van der Waals surface area (Å²) in [5.74, 6) is 0.0341. The maximum Gasteiger partial charge on any atom is 0.265 e. The molecule has 0 unspecified atom stereocenters. The Balaban J connectivity index is 1.35. The third-order valence-electron chi connectivity index (χ3n) is 5.50. The summed E-state index contributed by atoms with van der Waals surface area (Å²) in [7, 11) is 0. The van der Waals surface area contributed by atoms with Crippen molar-refractivity contribution in [2.75, 3.05) is 31.1 Å². The molecule has 1 amide bonds. The van der Waals surface area contributed by atoms with Crippen LogP contribution in [0.3, 0.4) is 0 Å². The highest BCUT2D eigenvalue weighted by Gasteiger charge is 2.27. The van der Waals surface area contributed by atoms with Crippen molar-refractivity contribution in [3.05, 3.63) is 57.4 Å². The number of thiophene rings is 1. The van der Waals surface area contributed by atoms with Crippen LogP contribution in [0.1, 0.15) is 20.8 Å². The number of benzene rings is 2. The second-order valence-corrected chi connectivity index (χ2v) is 9.80.